The van der Waals surface area contributed by atoms with Crippen LogP contribution in [0.2, 0.25) is 0 Å². The summed E-state index contributed by atoms with van der Waals surface area (Å²) in [6.07, 6.45) is 4.13. The van der Waals surface area contributed by atoms with Crippen molar-refractivity contribution in [1.82, 2.24) is 15.1 Å². The Bertz CT molecular complexity index is 699. The van der Waals surface area contributed by atoms with Gasteiger partial charge in [-0.25, -0.2) is 4.98 Å². The lowest BCUT2D eigenvalue weighted by Gasteiger charge is -1.93. The van der Waals surface area contributed by atoms with Crippen LogP contribution in [0.25, 0.3) is 11.4 Å². The van der Waals surface area contributed by atoms with E-state index >= 15 is 0 Å². The third kappa shape index (κ3) is 2.80. The van der Waals surface area contributed by atoms with Crippen molar-refractivity contribution < 1.29 is 8.94 Å². The van der Waals surface area contributed by atoms with Crippen molar-refractivity contribution in [2.45, 2.75) is 33.1 Å². The van der Waals surface area contributed by atoms with E-state index in [1.54, 1.807) is 17.5 Å². The van der Waals surface area contributed by atoms with Gasteiger partial charge in [-0.15, -0.1) is 0 Å². The fourth-order valence-electron chi connectivity index (χ4n) is 1.96. The Morgan fingerprint density at radius 2 is 2.00 bits per heavy atom. The van der Waals surface area contributed by atoms with Gasteiger partial charge in [0, 0.05) is 23.8 Å². The summed E-state index contributed by atoms with van der Waals surface area (Å²) >= 11 is 1.65. The Labute approximate surface area is 120 Å². The molecule has 0 radical (unpaired) electrons. The summed E-state index contributed by atoms with van der Waals surface area (Å²) in [4.78, 5) is 8.60. The standard InChI is InChI=1S/C14H15N3O2S/c1-9-7-20-8-11(9)14-16-13(19-17-14)5-3-4-12-15-6-10(2)18-12/h6-8H,3-5H2,1-2H3. The zero-order valence-corrected chi connectivity index (χ0v) is 12.2. The van der Waals surface area contributed by atoms with Crippen LogP contribution in [0.3, 0.4) is 0 Å². The SMILES string of the molecule is Cc1cnc(CCCc2nc(-c3cscc3C)no2)o1. The quantitative estimate of drug-likeness (QED) is 0.718. The van der Waals surface area contributed by atoms with E-state index in [9.17, 15) is 0 Å². The van der Waals surface area contributed by atoms with E-state index in [0.717, 1.165) is 36.5 Å². The van der Waals surface area contributed by atoms with Crippen molar-refractivity contribution in [2.24, 2.45) is 0 Å². The van der Waals surface area contributed by atoms with Gasteiger partial charge in [0.05, 0.1) is 6.20 Å². The number of aryl methyl sites for hydroxylation is 4. The van der Waals surface area contributed by atoms with Gasteiger partial charge in [-0.05, 0) is 31.2 Å². The highest BCUT2D eigenvalue weighted by atomic mass is 32.1. The van der Waals surface area contributed by atoms with Crippen LogP contribution in [-0.2, 0) is 12.8 Å². The van der Waals surface area contributed by atoms with Crippen LogP contribution in [-0.4, -0.2) is 15.1 Å². The maximum absolute atomic E-state index is 5.42. The van der Waals surface area contributed by atoms with E-state index in [1.807, 2.05) is 19.2 Å². The smallest absolute Gasteiger partial charge is 0.226 e. The third-order valence-corrected chi connectivity index (χ3v) is 3.88. The highest BCUT2D eigenvalue weighted by Gasteiger charge is 2.11. The van der Waals surface area contributed by atoms with Crippen LogP contribution >= 0.6 is 11.3 Å². The molecule has 20 heavy (non-hydrogen) atoms. The molecule has 3 aromatic rings. The summed E-state index contributed by atoms with van der Waals surface area (Å²) in [5.74, 6) is 2.93. The van der Waals surface area contributed by atoms with E-state index in [-0.39, 0.29) is 0 Å². The topological polar surface area (TPSA) is 65.0 Å². The average molecular weight is 289 g/mol. The summed E-state index contributed by atoms with van der Waals surface area (Å²) in [7, 11) is 0. The Hall–Kier alpha value is -1.95. The molecule has 0 unspecified atom stereocenters. The van der Waals surface area contributed by atoms with Crippen LogP contribution < -0.4 is 0 Å². The predicted octanol–water partition coefficient (Wildman–Crippen LogP) is 3.58. The van der Waals surface area contributed by atoms with Gasteiger partial charge in [0.25, 0.3) is 0 Å². The minimum Gasteiger partial charge on any atom is -0.446 e. The Morgan fingerprint density at radius 3 is 2.70 bits per heavy atom. The van der Waals surface area contributed by atoms with Gasteiger partial charge in [-0.1, -0.05) is 5.16 Å². The summed E-state index contributed by atoms with van der Waals surface area (Å²) in [5, 5.41) is 8.15. The lowest BCUT2D eigenvalue weighted by atomic mass is 10.2. The lowest BCUT2D eigenvalue weighted by molar-refractivity contribution is 0.373. The van der Waals surface area contributed by atoms with E-state index < -0.39 is 0 Å². The first kappa shape index (κ1) is 13.1. The molecule has 0 fully saturated rings. The molecule has 0 atom stereocenters. The summed E-state index contributed by atoms with van der Waals surface area (Å²) in [5.41, 5.74) is 2.23. The first-order chi connectivity index (χ1) is 9.72. The van der Waals surface area contributed by atoms with Crippen LogP contribution in [0.4, 0.5) is 0 Å². The van der Waals surface area contributed by atoms with E-state index in [1.165, 1.54) is 5.56 Å². The molecule has 0 bridgehead atoms. The molecule has 3 heterocycles. The van der Waals surface area contributed by atoms with Crippen LogP contribution in [0.15, 0.2) is 25.9 Å². The van der Waals surface area contributed by atoms with Crippen molar-refractivity contribution in [3.63, 3.8) is 0 Å². The number of aromatic nitrogens is 3. The molecule has 0 aliphatic carbocycles. The Morgan fingerprint density at radius 1 is 1.15 bits per heavy atom. The molecule has 0 aliphatic heterocycles. The number of thiophene rings is 1. The van der Waals surface area contributed by atoms with Gasteiger partial charge in [0.15, 0.2) is 5.89 Å². The minimum atomic E-state index is 0.661. The second-order valence-electron chi connectivity index (χ2n) is 4.70. The van der Waals surface area contributed by atoms with Gasteiger partial charge < -0.3 is 8.94 Å². The molecule has 5 nitrogen and oxygen atoms in total. The van der Waals surface area contributed by atoms with Crippen LogP contribution in [0.1, 0.15) is 29.5 Å². The molecule has 0 saturated heterocycles. The molecule has 104 valence electrons. The number of hydrogen-bond donors (Lipinski definition) is 0. The molecule has 3 aromatic heterocycles. The second-order valence-corrected chi connectivity index (χ2v) is 5.44. The maximum Gasteiger partial charge on any atom is 0.226 e. The number of nitrogens with zero attached hydrogens (tertiary/aromatic N) is 3. The zero-order valence-electron chi connectivity index (χ0n) is 11.4. The molecule has 0 saturated carbocycles. The fraction of sp³-hybridized carbons (Fsp3) is 0.357. The number of rotatable bonds is 5. The first-order valence-corrected chi connectivity index (χ1v) is 7.43. The lowest BCUT2D eigenvalue weighted by Crippen LogP contribution is -1.90. The third-order valence-electron chi connectivity index (χ3n) is 3.01. The molecule has 0 aromatic carbocycles. The molecule has 0 amide bonds. The molecular weight excluding hydrogens is 274 g/mol. The minimum absolute atomic E-state index is 0.661. The van der Waals surface area contributed by atoms with Crippen molar-refractivity contribution >= 4 is 11.3 Å². The van der Waals surface area contributed by atoms with Crippen LogP contribution in [0.5, 0.6) is 0 Å². The fourth-order valence-corrected chi connectivity index (χ4v) is 2.79. The largest absolute Gasteiger partial charge is 0.446 e. The summed E-state index contributed by atoms with van der Waals surface area (Å²) in [6.45, 7) is 3.94. The molecular formula is C14H15N3O2S. The molecule has 3 rings (SSSR count). The van der Waals surface area contributed by atoms with Crippen molar-refractivity contribution in [3.05, 3.63) is 40.1 Å². The van der Waals surface area contributed by atoms with E-state index in [2.05, 4.69) is 20.5 Å². The Balaban J connectivity index is 1.59. The summed E-state index contributed by atoms with van der Waals surface area (Å²) in [6, 6.07) is 0. The number of oxazole rings is 1. The molecule has 0 spiro atoms. The Kier molecular flexibility index (Phi) is 3.64. The predicted molar refractivity (Wildman–Crippen MR) is 75.6 cm³/mol. The van der Waals surface area contributed by atoms with Crippen LogP contribution in [0, 0.1) is 13.8 Å². The molecule has 0 N–H and O–H groups in total. The monoisotopic (exact) mass is 289 g/mol. The first-order valence-electron chi connectivity index (χ1n) is 6.49. The number of hydrogen-bond acceptors (Lipinski definition) is 6. The highest BCUT2D eigenvalue weighted by molar-refractivity contribution is 7.08. The zero-order chi connectivity index (χ0) is 13.9. The van der Waals surface area contributed by atoms with Gasteiger partial charge >= 0.3 is 0 Å². The van der Waals surface area contributed by atoms with Gasteiger partial charge in [0.1, 0.15) is 5.76 Å². The highest BCUT2D eigenvalue weighted by Crippen LogP contribution is 2.24. The van der Waals surface area contributed by atoms with Crippen molar-refractivity contribution in [1.29, 1.82) is 0 Å². The summed E-state index contributed by atoms with van der Waals surface area (Å²) < 4.78 is 10.7. The second kappa shape index (κ2) is 5.58. The van der Waals surface area contributed by atoms with E-state index in [4.69, 9.17) is 8.94 Å². The van der Waals surface area contributed by atoms with Gasteiger partial charge in [-0.3, -0.25) is 0 Å². The van der Waals surface area contributed by atoms with Crippen molar-refractivity contribution in [3.8, 4) is 11.4 Å². The van der Waals surface area contributed by atoms with E-state index in [0.29, 0.717) is 11.7 Å². The van der Waals surface area contributed by atoms with Crippen molar-refractivity contribution in [2.75, 3.05) is 0 Å². The molecule has 6 heteroatoms. The maximum atomic E-state index is 5.42. The normalized spacial score (nSPS) is 11.1. The molecule has 0 aliphatic rings. The average Bonchev–Trinajstić information content (AvgIpc) is 3.11. The van der Waals surface area contributed by atoms with Gasteiger partial charge in [-0.2, -0.15) is 16.3 Å². The van der Waals surface area contributed by atoms with Gasteiger partial charge in [0.2, 0.25) is 11.7 Å².